The van der Waals surface area contributed by atoms with Crippen molar-refractivity contribution in [2.45, 2.75) is 0 Å². The van der Waals surface area contributed by atoms with Gasteiger partial charge in [0.15, 0.2) is 17.3 Å². The van der Waals surface area contributed by atoms with Crippen LogP contribution < -0.4 is 14.8 Å². The normalized spacial score (nSPS) is 10.6. The maximum absolute atomic E-state index is 12.7. The number of hydrogen-bond acceptors (Lipinski definition) is 6. The zero-order valence-corrected chi connectivity index (χ0v) is 17.1. The minimum absolute atomic E-state index is 0.128. The molecule has 0 saturated carbocycles. The van der Waals surface area contributed by atoms with Gasteiger partial charge in [-0.3, -0.25) is 4.79 Å². The second-order valence-electron chi connectivity index (χ2n) is 6.46. The number of nitrogens with one attached hydrogen (secondary N) is 1. The molecular weight excluding hydrogens is 402 g/mol. The first-order valence-corrected chi connectivity index (χ1v) is 9.51. The highest BCUT2D eigenvalue weighted by Gasteiger charge is 2.15. The van der Waals surface area contributed by atoms with E-state index >= 15 is 0 Å². The molecule has 0 atom stereocenters. The van der Waals surface area contributed by atoms with E-state index in [4.69, 9.17) is 21.1 Å². The molecular formula is C23H18ClN3O3. The van der Waals surface area contributed by atoms with Crippen molar-refractivity contribution in [2.75, 3.05) is 19.5 Å². The lowest BCUT2D eigenvalue weighted by Crippen LogP contribution is -2.03. The van der Waals surface area contributed by atoms with Crippen LogP contribution in [0.25, 0.3) is 10.9 Å². The minimum atomic E-state index is -0.128. The van der Waals surface area contributed by atoms with Crippen LogP contribution in [-0.4, -0.2) is 30.0 Å². The van der Waals surface area contributed by atoms with Gasteiger partial charge >= 0.3 is 0 Å². The number of fused-ring (bicyclic) bond motifs is 1. The minimum Gasteiger partial charge on any atom is -0.493 e. The molecule has 1 aromatic heterocycles. The standard InChI is InChI=1S/C23H18ClN3O3/c1-29-20-11-17-19(12-21(20)30-2)25-13-26-23(17)27-15-8-9-16(18(24)10-15)22(28)14-6-4-3-5-7-14/h3-13H,1-2H3,(H,25,26,27). The van der Waals surface area contributed by atoms with Crippen LogP contribution in [0, 0.1) is 0 Å². The number of anilines is 2. The third kappa shape index (κ3) is 3.77. The quantitative estimate of drug-likeness (QED) is 0.429. The van der Waals surface area contributed by atoms with E-state index < -0.39 is 0 Å². The maximum Gasteiger partial charge on any atom is 0.194 e. The number of rotatable bonds is 6. The molecule has 150 valence electrons. The molecule has 4 rings (SSSR count). The van der Waals surface area contributed by atoms with Gasteiger partial charge in [-0.1, -0.05) is 41.9 Å². The van der Waals surface area contributed by atoms with Crippen molar-refractivity contribution >= 4 is 39.8 Å². The van der Waals surface area contributed by atoms with Gasteiger partial charge in [0, 0.05) is 28.3 Å². The predicted molar refractivity (Wildman–Crippen MR) is 117 cm³/mol. The third-order valence-electron chi connectivity index (χ3n) is 4.65. The molecule has 0 bridgehead atoms. The Bertz CT molecular complexity index is 1230. The molecule has 7 heteroatoms. The molecule has 0 saturated heterocycles. The maximum atomic E-state index is 12.7. The molecule has 0 amide bonds. The van der Waals surface area contributed by atoms with Gasteiger partial charge < -0.3 is 14.8 Å². The number of aromatic nitrogens is 2. The van der Waals surface area contributed by atoms with Gasteiger partial charge in [0.05, 0.1) is 24.8 Å². The van der Waals surface area contributed by atoms with E-state index in [9.17, 15) is 4.79 Å². The summed E-state index contributed by atoms with van der Waals surface area (Å²) < 4.78 is 10.7. The van der Waals surface area contributed by atoms with Gasteiger partial charge in [0.2, 0.25) is 0 Å². The number of ketones is 1. The molecule has 0 unspecified atom stereocenters. The Morgan fingerprint density at radius 1 is 0.933 bits per heavy atom. The van der Waals surface area contributed by atoms with E-state index in [1.807, 2.05) is 24.3 Å². The first kappa shape index (κ1) is 19.7. The summed E-state index contributed by atoms with van der Waals surface area (Å²) in [7, 11) is 3.15. The Morgan fingerprint density at radius 2 is 1.67 bits per heavy atom. The van der Waals surface area contributed by atoms with Crippen LogP contribution in [0.5, 0.6) is 11.5 Å². The zero-order valence-electron chi connectivity index (χ0n) is 16.3. The summed E-state index contributed by atoms with van der Waals surface area (Å²) in [6.45, 7) is 0. The molecule has 0 spiro atoms. The van der Waals surface area contributed by atoms with Crippen LogP contribution in [0.2, 0.25) is 5.02 Å². The summed E-state index contributed by atoms with van der Waals surface area (Å²) in [6.07, 6.45) is 1.46. The number of nitrogens with zero attached hydrogens (tertiary/aromatic N) is 2. The van der Waals surface area contributed by atoms with Crippen molar-refractivity contribution in [3.8, 4) is 11.5 Å². The van der Waals surface area contributed by atoms with Gasteiger partial charge in [-0.15, -0.1) is 0 Å². The molecule has 0 aliphatic rings. The average molecular weight is 420 g/mol. The molecule has 0 aliphatic carbocycles. The number of ether oxygens (including phenoxy) is 2. The van der Waals surface area contributed by atoms with Crippen LogP contribution in [0.1, 0.15) is 15.9 Å². The third-order valence-corrected chi connectivity index (χ3v) is 4.97. The molecule has 1 N–H and O–H groups in total. The Balaban J connectivity index is 1.67. The summed E-state index contributed by atoms with van der Waals surface area (Å²) in [5.74, 6) is 1.61. The van der Waals surface area contributed by atoms with Crippen molar-refractivity contribution in [3.05, 3.63) is 83.1 Å². The SMILES string of the molecule is COc1cc2ncnc(Nc3ccc(C(=O)c4ccccc4)c(Cl)c3)c2cc1OC. The molecule has 0 aliphatic heterocycles. The summed E-state index contributed by atoms with van der Waals surface area (Å²) in [5, 5.41) is 4.35. The van der Waals surface area contributed by atoms with Crippen molar-refractivity contribution < 1.29 is 14.3 Å². The van der Waals surface area contributed by atoms with E-state index in [2.05, 4.69) is 15.3 Å². The van der Waals surface area contributed by atoms with Crippen LogP contribution in [0.3, 0.4) is 0 Å². The van der Waals surface area contributed by atoms with E-state index in [-0.39, 0.29) is 5.78 Å². The second kappa shape index (κ2) is 8.39. The fourth-order valence-electron chi connectivity index (χ4n) is 3.14. The van der Waals surface area contributed by atoms with Crippen LogP contribution in [0.4, 0.5) is 11.5 Å². The Morgan fingerprint density at radius 3 is 2.37 bits per heavy atom. The number of hydrogen-bond donors (Lipinski definition) is 1. The van der Waals surface area contributed by atoms with Crippen LogP contribution >= 0.6 is 11.6 Å². The Labute approximate surface area is 178 Å². The summed E-state index contributed by atoms with van der Waals surface area (Å²) in [6, 6.07) is 17.8. The van der Waals surface area contributed by atoms with Crippen molar-refractivity contribution in [1.29, 1.82) is 0 Å². The monoisotopic (exact) mass is 419 g/mol. The lowest BCUT2D eigenvalue weighted by Gasteiger charge is -2.13. The summed E-state index contributed by atoms with van der Waals surface area (Å²) >= 11 is 6.42. The lowest BCUT2D eigenvalue weighted by molar-refractivity contribution is 0.103. The molecule has 4 aromatic rings. The number of methoxy groups -OCH3 is 2. The summed E-state index contributed by atoms with van der Waals surface area (Å²) in [5.41, 5.74) is 2.42. The van der Waals surface area contributed by atoms with E-state index in [1.165, 1.54) is 6.33 Å². The topological polar surface area (TPSA) is 73.3 Å². The van der Waals surface area contributed by atoms with Crippen molar-refractivity contribution in [1.82, 2.24) is 9.97 Å². The van der Waals surface area contributed by atoms with Gasteiger partial charge in [0.25, 0.3) is 0 Å². The highest BCUT2D eigenvalue weighted by Crippen LogP contribution is 2.35. The van der Waals surface area contributed by atoms with Gasteiger partial charge in [-0.25, -0.2) is 9.97 Å². The van der Waals surface area contributed by atoms with Gasteiger partial charge in [0.1, 0.15) is 12.1 Å². The number of carbonyl (C=O) groups excluding carboxylic acids is 1. The number of halogens is 1. The van der Waals surface area contributed by atoms with E-state index in [1.54, 1.807) is 50.6 Å². The molecule has 6 nitrogen and oxygen atoms in total. The zero-order chi connectivity index (χ0) is 21.1. The smallest absolute Gasteiger partial charge is 0.194 e. The average Bonchev–Trinajstić information content (AvgIpc) is 2.78. The molecule has 1 heterocycles. The highest BCUT2D eigenvalue weighted by molar-refractivity contribution is 6.35. The van der Waals surface area contributed by atoms with Gasteiger partial charge in [-0.2, -0.15) is 0 Å². The van der Waals surface area contributed by atoms with Crippen molar-refractivity contribution in [2.24, 2.45) is 0 Å². The second-order valence-corrected chi connectivity index (χ2v) is 6.87. The first-order valence-electron chi connectivity index (χ1n) is 9.13. The fraction of sp³-hybridized carbons (Fsp3) is 0.0870. The van der Waals surface area contributed by atoms with Gasteiger partial charge in [-0.05, 0) is 24.3 Å². The molecule has 30 heavy (non-hydrogen) atoms. The molecule has 0 radical (unpaired) electrons. The Kier molecular flexibility index (Phi) is 5.50. The Hall–Kier alpha value is -3.64. The number of carbonyl (C=O) groups is 1. The van der Waals surface area contributed by atoms with E-state index in [0.717, 1.165) is 5.39 Å². The molecule has 3 aromatic carbocycles. The number of benzene rings is 3. The molecule has 0 fully saturated rings. The first-order chi connectivity index (χ1) is 14.6. The van der Waals surface area contributed by atoms with Crippen LogP contribution in [0.15, 0.2) is 67.0 Å². The summed E-state index contributed by atoms with van der Waals surface area (Å²) in [4.78, 5) is 21.3. The predicted octanol–water partition coefficient (Wildman–Crippen LogP) is 5.28. The fourth-order valence-corrected chi connectivity index (χ4v) is 3.41. The van der Waals surface area contributed by atoms with Crippen LogP contribution in [-0.2, 0) is 0 Å². The highest BCUT2D eigenvalue weighted by atomic mass is 35.5. The lowest BCUT2D eigenvalue weighted by atomic mass is 10.0. The van der Waals surface area contributed by atoms with E-state index in [0.29, 0.717) is 44.7 Å². The largest absolute Gasteiger partial charge is 0.493 e. The van der Waals surface area contributed by atoms with Crippen molar-refractivity contribution in [3.63, 3.8) is 0 Å².